The Morgan fingerprint density at radius 3 is 2.21 bits per heavy atom. The number of hydrogen-bond acceptors (Lipinski definition) is 4. The van der Waals surface area contributed by atoms with Gasteiger partial charge in [-0.25, -0.2) is 4.79 Å². The molecule has 7 nitrogen and oxygen atoms in total. The van der Waals surface area contributed by atoms with Crippen molar-refractivity contribution in [1.29, 1.82) is 0 Å². The lowest BCUT2D eigenvalue weighted by Crippen LogP contribution is -2.45. The van der Waals surface area contributed by atoms with E-state index in [-0.39, 0.29) is 23.5 Å². The molecule has 0 aromatic carbocycles. The Balaban J connectivity index is 4.46. The third kappa shape index (κ3) is 6.90. The highest BCUT2D eigenvalue weighted by molar-refractivity contribution is 7.85. The van der Waals surface area contributed by atoms with Crippen molar-refractivity contribution < 1.29 is 23.7 Å². The minimum absolute atomic E-state index is 0.0184. The van der Waals surface area contributed by atoms with E-state index < -0.39 is 28.7 Å². The lowest BCUT2D eigenvalue weighted by atomic mass is 10.3. The minimum atomic E-state index is -1.64. The van der Waals surface area contributed by atoms with E-state index in [9.17, 15) is 18.6 Å². The number of carboxylic acid groups (broad SMARTS) is 1. The molecule has 0 bridgehead atoms. The van der Waals surface area contributed by atoms with Crippen molar-refractivity contribution in [2.45, 2.75) is 32.9 Å². The summed E-state index contributed by atoms with van der Waals surface area (Å²) in [6, 6.07) is -1.26. The van der Waals surface area contributed by atoms with Crippen LogP contribution >= 0.6 is 0 Å². The van der Waals surface area contributed by atoms with Gasteiger partial charge in [0.1, 0.15) is 11.8 Å². The van der Waals surface area contributed by atoms with Crippen LogP contribution in [0, 0.1) is 0 Å². The first-order chi connectivity index (χ1) is 8.65. The fraction of sp³-hybridized carbons (Fsp3) is 0.727. The Kier molecular flexibility index (Phi) is 7.28. The monoisotopic (exact) mass is 292 g/mol. The van der Waals surface area contributed by atoms with Crippen LogP contribution in [0.25, 0.3) is 0 Å². The molecule has 0 fully saturated rings. The van der Waals surface area contributed by atoms with Gasteiger partial charge in [-0.05, 0) is 13.8 Å². The SMILES string of the molecule is CC(=O)NC(CS(=O)CC(=O)N(C)C(C)C)C(=O)O. The van der Waals surface area contributed by atoms with Crippen LogP contribution in [0.3, 0.4) is 0 Å². The quantitative estimate of drug-likeness (QED) is 0.639. The van der Waals surface area contributed by atoms with Gasteiger partial charge in [0.25, 0.3) is 0 Å². The molecule has 8 heteroatoms. The van der Waals surface area contributed by atoms with Crippen LogP contribution in [0.15, 0.2) is 0 Å². The van der Waals surface area contributed by atoms with Crippen molar-refractivity contribution in [1.82, 2.24) is 10.2 Å². The summed E-state index contributed by atoms with van der Waals surface area (Å²) in [4.78, 5) is 34.8. The normalized spacial score (nSPS) is 13.7. The number of amides is 2. The average Bonchev–Trinajstić information content (AvgIpc) is 2.25. The fourth-order valence-electron chi connectivity index (χ4n) is 1.19. The van der Waals surface area contributed by atoms with Crippen molar-refractivity contribution in [3.63, 3.8) is 0 Å². The Hall–Kier alpha value is -1.44. The average molecular weight is 292 g/mol. The molecule has 0 aromatic rings. The number of carboxylic acids is 1. The molecule has 0 spiro atoms. The number of rotatable bonds is 7. The van der Waals surface area contributed by atoms with Crippen molar-refractivity contribution in [2.75, 3.05) is 18.6 Å². The molecule has 0 radical (unpaired) electrons. The summed E-state index contributed by atoms with van der Waals surface area (Å²) in [5, 5.41) is 11.0. The summed E-state index contributed by atoms with van der Waals surface area (Å²) in [5.74, 6) is -2.64. The number of carbonyl (C=O) groups is 3. The van der Waals surface area contributed by atoms with E-state index in [4.69, 9.17) is 5.11 Å². The van der Waals surface area contributed by atoms with Crippen LogP contribution in [0.1, 0.15) is 20.8 Å². The van der Waals surface area contributed by atoms with Gasteiger partial charge < -0.3 is 15.3 Å². The number of carbonyl (C=O) groups excluding carboxylic acids is 2. The van der Waals surface area contributed by atoms with E-state index in [1.54, 1.807) is 7.05 Å². The zero-order valence-corrected chi connectivity index (χ0v) is 12.3. The molecular formula is C11H20N2O5S. The maximum absolute atomic E-state index is 11.7. The zero-order valence-electron chi connectivity index (χ0n) is 11.5. The van der Waals surface area contributed by atoms with Crippen LogP contribution in [0.5, 0.6) is 0 Å². The lowest BCUT2D eigenvalue weighted by molar-refractivity contribution is -0.140. The highest BCUT2D eigenvalue weighted by Crippen LogP contribution is 1.98. The van der Waals surface area contributed by atoms with Crippen LogP contribution in [0.4, 0.5) is 0 Å². The van der Waals surface area contributed by atoms with Gasteiger partial charge in [0.05, 0.1) is 5.75 Å². The standard InChI is InChI=1S/C11H20N2O5S/c1-7(2)13(4)10(15)6-19(18)5-9(11(16)17)12-8(3)14/h7,9H,5-6H2,1-4H3,(H,12,14)(H,16,17). The molecule has 2 atom stereocenters. The number of aliphatic carboxylic acids is 1. The molecule has 0 aliphatic heterocycles. The topological polar surface area (TPSA) is 104 Å². The number of nitrogens with one attached hydrogen (secondary N) is 1. The Morgan fingerprint density at radius 2 is 1.84 bits per heavy atom. The van der Waals surface area contributed by atoms with Gasteiger partial charge in [0, 0.05) is 30.8 Å². The molecule has 0 aromatic heterocycles. The first-order valence-electron chi connectivity index (χ1n) is 5.75. The van der Waals surface area contributed by atoms with Crippen molar-refractivity contribution >= 4 is 28.6 Å². The highest BCUT2D eigenvalue weighted by atomic mass is 32.2. The first kappa shape index (κ1) is 17.6. The van der Waals surface area contributed by atoms with Gasteiger partial charge in [-0.15, -0.1) is 0 Å². The summed E-state index contributed by atoms with van der Waals surface area (Å²) in [6.07, 6.45) is 0. The molecule has 0 heterocycles. The summed E-state index contributed by atoms with van der Waals surface area (Å²) < 4.78 is 11.7. The van der Waals surface area contributed by atoms with Crippen LogP contribution < -0.4 is 5.32 Å². The largest absolute Gasteiger partial charge is 0.480 e. The summed E-state index contributed by atoms with van der Waals surface area (Å²) in [6.45, 7) is 4.81. The van der Waals surface area contributed by atoms with Gasteiger partial charge in [0.15, 0.2) is 0 Å². The van der Waals surface area contributed by atoms with E-state index in [1.807, 2.05) is 13.8 Å². The highest BCUT2D eigenvalue weighted by Gasteiger charge is 2.23. The second kappa shape index (κ2) is 7.88. The lowest BCUT2D eigenvalue weighted by Gasteiger charge is -2.21. The Morgan fingerprint density at radius 1 is 1.32 bits per heavy atom. The second-order valence-corrected chi connectivity index (χ2v) is 5.94. The zero-order chi connectivity index (χ0) is 15.2. The van der Waals surface area contributed by atoms with Crippen molar-refractivity contribution in [3.8, 4) is 0 Å². The second-order valence-electron chi connectivity index (χ2n) is 4.44. The van der Waals surface area contributed by atoms with E-state index in [1.165, 1.54) is 11.8 Å². The number of nitrogens with zero attached hydrogens (tertiary/aromatic N) is 1. The molecule has 110 valence electrons. The Bertz CT molecular complexity index is 383. The molecule has 2 N–H and O–H groups in total. The Labute approximate surface area is 114 Å². The fourth-order valence-corrected chi connectivity index (χ4v) is 2.39. The maximum Gasteiger partial charge on any atom is 0.327 e. The molecule has 2 amide bonds. The molecule has 0 saturated carbocycles. The van der Waals surface area contributed by atoms with Gasteiger partial charge >= 0.3 is 5.97 Å². The first-order valence-corrected chi connectivity index (χ1v) is 7.24. The smallest absolute Gasteiger partial charge is 0.327 e. The third-order valence-electron chi connectivity index (χ3n) is 2.48. The van der Waals surface area contributed by atoms with Gasteiger partial charge in [-0.1, -0.05) is 0 Å². The van der Waals surface area contributed by atoms with E-state index >= 15 is 0 Å². The molecule has 0 rings (SSSR count). The summed E-state index contributed by atoms with van der Waals surface area (Å²) >= 11 is 0. The summed E-state index contributed by atoms with van der Waals surface area (Å²) in [5.41, 5.74) is 0. The van der Waals surface area contributed by atoms with Crippen LogP contribution in [0.2, 0.25) is 0 Å². The minimum Gasteiger partial charge on any atom is -0.480 e. The van der Waals surface area contributed by atoms with Crippen LogP contribution in [-0.2, 0) is 25.2 Å². The maximum atomic E-state index is 11.7. The predicted molar refractivity (Wildman–Crippen MR) is 71.0 cm³/mol. The number of hydrogen-bond donors (Lipinski definition) is 2. The van der Waals surface area contributed by atoms with Crippen LogP contribution in [-0.4, -0.2) is 62.6 Å². The van der Waals surface area contributed by atoms with Gasteiger partial charge in [0.2, 0.25) is 11.8 Å². The molecule has 0 saturated heterocycles. The van der Waals surface area contributed by atoms with Gasteiger partial charge in [-0.2, -0.15) is 0 Å². The van der Waals surface area contributed by atoms with E-state index in [0.29, 0.717) is 0 Å². The molecule has 19 heavy (non-hydrogen) atoms. The molecule has 0 aliphatic carbocycles. The predicted octanol–water partition coefficient (Wildman–Crippen LogP) is -0.809. The van der Waals surface area contributed by atoms with E-state index in [2.05, 4.69) is 5.32 Å². The van der Waals surface area contributed by atoms with Crippen molar-refractivity contribution in [3.05, 3.63) is 0 Å². The molecule has 0 aliphatic rings. The molecular weight excluding hydrogens is 272 g/mol. The van der Waals surface area contributed by atoms with Gasteiger partial charge in [-0.3, -0.25) is 13.8 Å². The van der Waals surface area contributed by atoms with E-state index in [0.717, 1.165) is 0 Å². The molecule has 2 unspecified atom stereocenters. The third-order valence-corrected chi connectivity index (χ3v) is 3.75. The summed E-state index contributed by atoms with van der Waals surface area (Å²) in [7, 11) is -0.0511. The van der Waals surface area contributed by atoms with Crippen molar-refractivity contribution in [2.24, 2.45) is 0 Å².